The maximum Gasteiger partial charge on any atom is 0.211 e. The number of imidazole rings is 1. The van der Waals surface area contributed by atoms with E-state index in [1.165, 1.54) is 19.3 Å². The molecule has 0 saturated carbocycles. The largest absolute Gasteiger partial charge is 0.342 e. The number of nitrogens with zero attached hydrogens (tertiary/aromatic N) is 4. The second kappa shape index (κ2) is 5.33. The number of ketones is 1. The highest BCUT2D eigenvalue weighted by Crippen LogP contribution is 2.28. The zero-order valence-corrected chi connectivity index (χ0v) is 13.5. The lowest BCUT2D eigenvalue weighted by atomic mass is 10.0. The molecule has 1 fully saturated rings. The number of Topliss-reactive ketones (excluding diaryl/α,β-unsaturated/α-hetero) is 1. The minimum atomic E-state index is 0.0479. The average Bonchev–Trinajstić information content (AvgIpc) is 3.04. The molecule has 5 heteroatoms. The van der Waals surface area contributed by atoms with E-state index in [2.05, 4.69) is 20.4 Å². The molecule has 0 amide bonds. The SMILES string of the molecule is CC(=O)c1cc(C)cc2c1nc(N1CCCCC1)n1ccnc21. The number of rotatable bonds is 2. The Hall–Kier alpha value is -2.43. The van der Waals surface area contributed by atoms with Gasteiger partial charge in [0.05, 0.1) is 5.52 Å². The quantitative estimate of drug-likeness (QED) is 0.681. The third-order valence-corrected chi connectivity index (χ3v) is 4.58. The zero-order valence-electron chi connectivity index (χ0n) is 13.5. The van der Waals surface area contributed by atoms with Crippen LogP contribution in [0.2, 0.25) is 0 Å². The number of aryl methyl sites for hydroxylation is 1. The molecule has 1 aliphatic rings. The molecule has 4 rings (SSSR count). The van der Waals surface area contributed by atoms with Crippen LogP contribution in [0, 0.1) is 6.92 Å². The standard InChI is InChI=1S/C18H20N4O/c1-12-10-14(13(2)23)16-15(11-12)17-19-6-9-22(17)18(20-16)21-7-4-3-5-8-21/h6,9-11H,3-5,7-8H2,1-2H3. The fourth-order valence-corrected chi connectivity index (χ4v) is 3.47. The molecule has 23 heavy (non-hydrogen) atoms. The van der Waals surface area contributed by atoms with Crippen molar-refractivity contribution in [2.24, 2.45) is 0 Å². The van der Waals surface area contributed by atoms with Gasteiger partial charge >= 0.3 is 0 Å². The highest BCUT2D eigenvalue weighted by Gasteiger charge is 2.20. The first kappa shape index (κ1) is 14.2. The van der Waals surface area contributed by atoms with Crippen molar-refractivity contribution in [3.05, 3.63) is 35.7 Å². The van der Waals surface area contributed by atoms with Crippen molar-refractivity contribution in [3.8, 4) is 0 Å². The number of carbonyl (C=O) groups is 1. The van der Waals surface area contributed by atoms with Crippen molar-refractivity contribution in [1.29, 1.82) is 0 Å². The lowest BCUT2D eigenvalue weighted by molar-refractivity contribution is 0.101. The van der Waals surface area contributed by atoms with Crippen LogP contribution in [0.5, 0.6) is 0 Å². The first-order chi connectivity index (χ1) is 11.1. The Morgan fingerprint density at radius 1 is 1.17 bits per heavy atom. The number of piperidine rings is 1. The van der Waals surface area contributed by atoms with E-state index in [1.54, 1.807) is 13.1 Å². The van der Waals surface area contributed by atoms with Crippen molar-refractivity contribution in [3.63, 3.8) is 0 Å². The normalized spacial score (nSPS) is 15.5. The van der Waals surface area contributed by atoms with Gasteiger partial charge in [-0.15, -0.1) is 0 Å². The van der Waals surface area contributed by atoms with E-state index < -0.39 is 0 Å². The summed E-state index contributed by atoms with van der Waals surface area (Å²) in [5, 5.41) is 0.945. The molecule has 0 atom stereocenters. The van der Waals surface area contributed by atoms with Gasteiger partial charge in [0.15, 0.2) is 5.78 Å². The third-order valence-electron chi connectivity index (χ3n) is 4.58. The molecule has 1 saturated heterocycles. The molecule has 118 valence electrons. The monoisotopic (exact) mass is 308 g/mol. The number of anilines is 1. The Morgan fingerprint density at radius 2 is 1.96 bits per heavy atom. The topological polar surface area (TPSA) is 50.5 Å². The van der Waals surface area contributed by atoms with Gasteiger partial charge < -0.3 is 4.90 Å². The second-order valence-corrected chi connectivity index (χ2v) is 6.35. The number of hydrogen-bond donors (Lipinski definition) is 0. The number of carbonyl (C=O) groups excluding carboxylic acids is 1. The fraction of sp³-hybridized carbons (Fsp3) is 0.389. The molecular formula is C18H20N4O. The molecule has 0 bridgehead atoms. The van der Waals surface area contributed by atoms with Gasteiger partial charge in [-0.1, -0.05) is 0 Å². The highest BCUT2D eigenvalue weighted by atomic mass is 16.1. The summed E-state index contributed by atoms with van der Waals surface area (Å²) < 4.78 is 2.05. The van der Waals surface area contributed by atoms with Gasteiger partial charge in [-0.2, -0.15) is 0 Å². The van der Waals surface area contributed by atoms with Gasteiger partial charge in [0, 0.05) is 36.4 Å². The van der Waals surface area contributed by atoms with E-state index in [0.29, 0.717) is 5.56 Å². The summed E-state index contributed by atoms with van der Waals surface area (Å²) in [6.07, 6.45) is 7.41. The van der Waals surface area contributed by atoms with Crippen LogP contribution in [0.3, 0.4) is 0 Å². The van der Waals surface area contributed by atoms with Gasteiger partial charge in [-0.25, -0.2) is 9.97 Å². The molecule has 0 radical (unpaired) electrons. The first-order valence-electron chi connectivity index (χ1n) is 8.18. The Morgan fingerprint density at radius 3 is 2.70 bits per heavy atom. The van der Waals surface area contributed by atoms with Gasteiger partial charge in [-0.3, -0.25) is 9.20 Å². The molecule has 5 nitrogen and oxygen atoms in total. The summed E-state index contributed by atoms with van der Waals surface area (Å²) in [6.45, 7) is 5.62. The van der Waals surface area contributed by atoms with Gasteiger partial charge in [0.1, 0.15) is 5.65 Å². The number of fused-ring (bicyclic) bond motifs is 3. The Kier molecular flexibility index (Phi) is 3.29. The van der Waals surface area contributed by atoms with Crippen molar-refractivity contribution >= 4 is 28.3 Å². The smallest absolute Gasteiger partial charge is 0.211 e. The lowest BCUT2D eigenvalue weighted by Crippen LogP contribution is -2.31. The van der Waals surface area contributed by atoms with Gasteiger partial charge in [0.25, 0.3) is 0 Å². The number of aromatic nitrogens is 3. The van der Waals surface area contributed by atoms with Crippen LogP contribution in [0.1, 0.15) is 42.1 Å². The predicted molar refractivity (Wildman–Crippen MR) is 91.3 cm³/mol. The van der Waals surface area contributed by atoms with Crippen LogP contribution in [0.4, 0.5) is 5.95 Å². The van der Waals surface area contributed by atoms with Crippen LogP contribution < -0.4 is 4.90 Å². The van der Waals surface area contributed by atoms with Crippen LogP contribution in [-0.4, -0.2) is 33.2 Å². The first-order valence-corrected chi connectivity index (χ1v) is 8.18. The van der Waals surface area contributed by atoms with E-state index in [4.69, 9.17) is 4.98 Å². The van der Waals surface area contributed by atoms with Crippen LogP contribution in [0.15, 0.2) is 24.5 Å². The average molecular weight is 308 g/mol. The Bertz CT molecular complexity index is 906. The van der Waals surface area contributed by atoms with E-state index >= 15 is 0 Å². The van der Waals surface area contributed by atoms with Crippen LogP contribution >= 0.6 is 0 Å². The maximum atomic E-state index is 12.1. The molecule has 0 aliphatic carbocycles. The summed E-state index contributed by atoms with van der Waals surface area (Å²) >= 11 is 0. The summed E-state index contributed by atoms with van der Waals surface area (Å²) in [5.74, 6) is 0.947. The fourth-order valence-electron chi connectivity index (χ4n) is 3.47. The molecule has 0 spiro atoms. The number of benzene rings is 1. The lowest BCUT2D eigenvalue weighted by Gasteiger charge is -2.28. The molecule has 0 N–H and O–H groups in total. The molecule has 1 aromatic carbocycles. The van der Waals surface area contributed by atoms with Gasteiger partial charge in [-0.05, 0) is 50.8 Å². The van der Waals surface area contributed by atoms with E-state index in [0.717, 1.165) is 41.2 Å². The van der Waals surface area contributed by atoms with E-state index in [1.807, 2.05) is 19.2 Å². The summed E-state index contributed by atoms with van der Waals surface area (Å²) in [4.78, 5) is 23.8. The zero-order chi connectivity index (χ0) is 16.0. The van der Waals surface area contributed by atoms with Crippen LogP contribution in [0.25, 0.3) is 16.6 Å². The molecule has 0 unspecified atom stereocenters. The summed E-state index contributed by atoms with van der Waals surface area (Å²) in [6, 6.07) is 3.99. The number of hydrogen-bond acceptors (Lipinski definition) is 4. The van der Waals surface area contributed by atoms with Crippen molar-refractivity contribution in [2.45, 2.75) is 33.1 Å². The maximum absolute atomic E-state index is 12.1. The van der Waals surface area contributed by atoms with Crippen molar-refractivity contribution < 1.29 is 4.79 Å². The van der Waals surface area contributed by atoms with Crippen molar-refractivity contribution in [1.82, 2.24) is 14.4 Å². The third kappa shape index (κ3) is 2.27. The van der Waals surface area contributed by atoms with E-state index in [-0.39, 0.29) is 5.78 Å². The van der Waals surface area contributed by atoms with Crippen LogP contribution in [-0.2, 0) is 0 Å². The predicted octanol–water partition coefficient (Wildman–Crippen LogP) is 3.38. The minimum absolute atomic E-state index is 0.0479. The second-order valence-electron chi connectivity index (χ2n) is 6.35. The van der Waals surface area contributed by atoms with Crippen molar-refractivity contribution in [2.75, 3.05) is 18.0 Å². The molecule has 3 aromatic rings. The Labute approximate surface area is 135 Å². The van der Waals surface area contributed by atoms with Gasteiger partial charge in [0.2, 0.25) is 5.95 Å². The summed E-state index contributed by atoms with van der Waals surface area (Å²) in [7, 11) is 0. The summed E-state index contributed by atoms with van der Waals surface area (Å²) in [5.41, 5.74) is 3.38. The molecular weight excluding hydrogens is 288 g/mol. The molecule has 1 aliphatic heterocycles. The highest BCUT2D eigenvalue weighted by molar-refractivity contribution is 6.09. The minimum Gasteiger partial charge on any atom is -0.342 e. The van der Waals surface area contributed by atoms with E-state index in [9.17, 15) is 4.79 Å². The molecule has 3 heterocycles. The molecule has 2 aromatic heterocycles. The Balaban J connectivity index is 2.06.